The van der Waals surface area contributed by atoms with Crippen LogP contribution in [-0.2, 0) is 17.6 Å². The zero-order valence-electron chi connectivity index (χ0n) is 12.0. The predicted octanol–water partition coefficient (Wildman–Crippen LogP) is 4.72. The summed E-state index contributed by atoms with van der Waals surface area (Å²) in [5.74, 6) is -1.02. The number of hydrogen-bond donors (Lipinski definition) is 1. The Bertz CT molecular complexity index is 734. The average Bonchev–Trinajstić information content (AvgIpc) is 2.72. The Morgan fingerprint density at radius 1 is 1.33 bits per heavy atom. The summed E-state index contributed by atoms with van der Waals surface area (Å²) in [4.78, 5) is 11.3. The zero-order valence-corrected chi connectivity index (χ0v) is 13.5. The smallest absolute Gasteiger partial charge is 0.306 e. The highest BCUT2D eigenvalue weighted by Gasteiger charge is 2.30. The van der Waals surface area contributed by atoms with E-state index in [1.807, 2.05) is 12.1 Å². The number of fused-ring (bicyclic) bond motifs is 3. The van der Waals surface area contributed by atoms with E-state index in [1.165, 1.54) is 5.69 Å². The molecule has 112 valence electrons. The lowest BCUT2D eigenvalue weighted by Gasteiger charge is -2.22. The maximum atomic E-state index is 11.3. The molecule has 1 heterocycles. The summed E-state index contributed by atoms with van der Waals surface area (Å²) in [5.41, 5.74) is 3.40. The first kappa shape index (κ1) is 14.7. The number of carboxylic acid groups (broad SMARTS) is 1. The lowest BCUT2D eigenvalue weighted by atomic mass is 9.86. The van der Waals surface area contributed by atoms with Crippen LogP contribution in [0.4, 0.5) is 0 Å². The van der Waals surface area contributed by atoms with E-state index in [0.717, 1.165) is 22.9 Å². The third-order valence-corrected chi connectivity index (χ3v) is 5.03. The maximum absolute atomic E-state index is 11.3. The van der Waals surface area contributed by atoms with Gasteiger partial charge in [0.1, 0.15) is 0 Å². The van der Waals surface area contributed by atoms with Crippen LogP contribution >= 0.6 is 23.2 Å². The van der Waals surface area contributed by atoms with Crippen molar-refractivity contribution in [2.75, 3.05) is 0 Å². The van der Waals surface area contributed by atoms with Crippen molar-refractivity contribution in [1.29, 1.82) is 0 Å². The molecule has 0 spiro atoms. The van der Waals surface area contributed by atoms with Crippen molar-refractivity contribution in [3.8, 4) is 0 Å². The average molecular weight is 326 g/mol. The Morgan fingerprint density at radius 2 is 2.00 bits per heavy atom. The van der Waals surface area contributed by atoms with Crippen LogP contribution < -0.4 is 0 Å². The summed E-state index contributed by atoms with van der Waals surface area (Å²) in [6.07, 6.45) is 2.04. The summed E-state index contributed by atoms with van der Waals surface area (Å²) in [5, 5.41) is 11.4. The minimum atomic E-state index is -0.717. The van der Waals surface area contributed by atoms with Crippen LogP contribution in [0.3, 0.4) is 0 Å². The number of nitrogens with zero attached hydrogens (tertiary/aromatic N) is 1. The number of benzene rings is 1. The van der Waals surface area contributed by atoms with Gasteiger partial charge in [0.2, 0.25) is 0 Å². The Kier molecular flexibility index (Phi) is 3.66. The van der Waals surface area contributed by atoms with Crippen molar-refractivity contribution in [3.63, 3.8) is 0 Å². The van der Waals surface area contributed by atoms with Crippen molar-refractivity contribution < 1.29 is 9.90 Å². The fourth-order valence-electron chi connectivity index (χ4n) is 3.38. The molecule has 0 bridgehead atoms. The van der Waals surface area contributed by atoms with E-state index in [1.54, 1.807) is 0 Å². The van der Waals surface area contributed by atoms with E-state index in [4.69, 9.17) is 23.2 Å². The van der Waals surface area contributed by atoms with Gasteiger partial charge in [0.05, 0.1) is 21.5 Å². The second kappa shape index (κ2) is 5.22. The van der Waals surface area contributed by atoms with Crippen LogP contribution in [0.5, 0.6) is 0 Å². The monoisotopic (exact) mass is 325 g/mol. The lowest BCUT2D eigenvalue weighted by molar-refractivity contribution is -0.142. The number of carboxylic acids is 1. The summed E-state index contributed by atoms with van der Waals surface area (Å²) in [6.45, 7) is 4.26. The number of hydrogen-bond acceptors (Lipinski definition) is 1. The van der Waals surface area contributed by atoms with E-state index in [9.17, 15) is 9.90 Å². The van der Waals surface area contributed by atoms with Crippen molar-refractivity contribution >= 4 is 40.1 Å². The van der Waals surface area contributed by atoms with Gasteiger partial charge in [0.15, 0.2) is 0 Å². The van der Waals surface area contributed by atoms with Gasteiger partial charge in [-0.3, -0.25) is 4.79 Å². The summed E-state index contributed by atoms with van der Waals surface area (Å²) in [7, 11) is 0. The van der Waals surface area contributed by atoms with Gasteiger partial charge >= 0.3 is 5.97 Å². The first-order valence-corrected chi connectivity index (χ1v) is 7.89. The van der Waals surface area contributed by atoms with Crippen LogP contribution in [0.1, 0.15) is 37.6 Å². The second-order valence-electron chi connectivity index (χ2n) is 5.95. The van der Waals surface area contributed by atoms with Gasteiger partial charge in [0, 0.05) is 17.1 Å². The molecule has 1 atom stereocenters. The normalized spacial score (nSPS) is 18.2. The molecule has 1 aromatic heterocycles. The molecule has 3 rings (SSSR count). The minimum Gasteiger partial charge on any atom is -0.481 e. The molecule has 0 fully saturated rings. The summed E-state index contributed by atoms with van der Waals surface area (Å²) < 4.78 is 2.27. The zero-order chi connectivity index (χ0) is 15.3. The van der Waals surface area contributed by atoms with Gasteiger partial charge in [-0.2, -0.15) is 0 Å². The molecule has 0 saturated heterocycles. The van der Waals surface area contributed by atoms with Crippen LogP contribution in [0.25, 0.3) is 10.9 Å². The van der Waals surface area contributed by atoms with Crippen LogP contribution in [0, 0.1) is 5.92 Å². The van der Waals surface area contributed by atoms with Crippen molar-refractivity contribution in [2.45, 2.75) is 39.2 Å². The molecule has 1 unspecified atom stereocenters. The van der Waals surface area contributed by atoms with E-state index < -0.39 is 5.97 Å². The minimum absolute atomic E-state index is 0.301. The highest BCUT2D eigenvalue weighted by Crippen LogP contribution is 2.39. The highest BCUT2D eigenvalue weighted by atomic mass is 35.5. The first-order chi connectivity index (χ1) is 9.90. The van der Waals surface area contributed by atoms with Crippen LogP contribution in [-0.4, -0.2) is 15.6 Å². The Hall–Kier alpha value is -1.19. The molecule has 1 aliphatic rings. The maximum Gasteiger partial charge on any atom is 0.306 e. The van der Waals surface area contributed by atoms with E-state index >= 15 is 0 Å². The third kappa shape index (κ3) is 2.33. The van der Waals surface area contributed by atoms with Gasteiger partial charge in [-0.05, 0) is 50.8 Å². The topological polar surface area (TPSA) is 42.2 Å². The molecule has 5 heteroatoms. The second-order valence-corrected chi connectivity index (χ2v) is 6.76. The standard InChI is InChI=1S/C16H17Cl2NO2/c1-8(2)19-14-4-3-9(16(20)21)5-10(14)11-6-12(17)13(18)7-15(11)19/h6-9H,3-5H2,1-2H3,(H,20,21). The van der Waals surface area contributed by atoms with Crippen molar-refractivity contribution in [3.05, 3.63) is 33.4 Å². The molecule has 0 aliphatic heterocycles. The Balaban J connectivity index is 2.28. The largest absolute Gasteiger partial charge is 0.481 e. The van der Waals surface area contributed by atoms with E-state index in [-0.39, 0.29) is 5.92 Å². The fourth-order valence-corrected chi connectivity index (χ4v) is 3.70. The lowest BCUT2D eigenvalue weighted by Crippen LogP contribution is -2.23. The van der Waals surface area contributed by atoms with Gasteiger partial charge < -0.3 is 9.67 Å². The van der Waals surface area contributed by atoms with Crippen molar-refractivity contribution in [1.82, 2.24) is 4.57 Å². The van der Waals surface area contributed by atoms with Gasteiger partial charge in [-0.15, -0.1) is 0 Å². The number of aromatic nitrogens is 1. The highest BCUT2D eigenvalue weighted by molar-refractivity contribution is 6.42. The molecular weight excluding hydrogens is 309 g/mol. The molecular formula is C16H17Cl2NO2. The van der Waals surface area contributed by atoms with E-state index in [0.29, 0.717) is 28.9 Å². The van der Waals surface area contributed by atoms with Crippen molar-refractivity contribution in [2.24, 2.45) is 5.92 Å². The molecule has 21 heavy (non-hydrogen) atoms. The molecule has 0 saturated carbocycles. The van der Waals surface area contributed by atoms with Crippen LogP contribution in [0.15, 0.2) is 12.1 Å². The molecule has 0 amide bonds. The number of rotatable bonds is 2. The van der Waals surface area contributed by atoms with Gasteiger partial charge in [-0.1, -0.05) is 23.2 Å². The quantitative estimate of drug-likeness (QED) is 0.868. The Labute approximate surface area is 133 Å². The SMILES string of the molecule is CC(C)n1c2c(c3cc(Cl)c(Cl)cc31)CC(C(=O)O)CC2. The number of halogens is 2. The van der Waals surface area contributed by atoms with Gasteiger partial charge in [0.25, 0.3) is 0 Å². The molecule has 3 nitrogen and oxygen atoms in total. The Morgan fingerprint density at radius 3 is 2.62 bits per heavy atom. The molecule has 0 radical (unpaired) electrons. The van der Waals surface area contributed by atoms with Gasteiger partial charge in [-0.25, -0.2) is 0 Å². The summed E-state index contributed by atoms with van der Waals surface area (Å²) >= 11 is 12.3. The third-order valence-electron chi connectivity index (χ3n) is 4.31. The summed E-state index contributed by atoms with van der Waals surface area (Å²) in [6, 6.07) is 4.07. The fraction of sp³-hybridized carbons (Fsp3) is 0.438. The van der Waals surface area contributed by atoms with Crippen LogP contribution in [0.2, 0.25) is 10.0 Å². The first-order valence-electron chi connectivity index (χ1n) is 7.13. The molecule has 1 aliphatic carbocycles. The molecule has 1 N–H and O–H groups in total. The molecule has 2 aromatic rings. The predicted molar refractivity (Wildman–Crippen MR) is 85.5 cm³/mol. The molecule has 1 aromatic carbocycles. The number of carbonyl (C=O) groups is 1. The van der Waals surface area contributed by atoms with E-state index in [2.05, 4.69) is 18.4 Å². The number of aliphatic carboxylic acids is 1.